The lowest BCUT2D eigenvalue weighted by Gasteiger charge is -2.26. The van der Waals surface area contributed by atoms with Gasteiger partial charge >= 0.3 is 0 Å². The zero-order valence-electron chi connectivity index (χ0n) is 9.84. The lowest BCUT2D eigenvalue weighted by molar-refractivity contribution is -0.136. The van der Waals surface area contributed by atoms with Crippen molar-refractivity contribution in [1.82, 2.24) is 0 Å². The smallest absolute Gasteiger partial charge is 0.186 e. The van der Waals surface area contributed by atoms with E-state index in [1.165, 1.54) is 0 Å². The molecule has 1 aromatic carbocycles. The Labute approximate surface area is 101 Å². The number of carbonyl (C=O) groups is 1. The molecule has 0 amide bonds. The molecule has 0 bridgehead atoms. The number of carbonyl (C=O) groups excluding carboxylic acids is 1. The van der Waals surface area contributed by atoms with Crippen molar-refractivity contribution in [1.29, 1.82) is 0 Å². The second kappa shape index (κ2) is 5.75. The molecule has 1 aliphatic rings. The predicted molar refractivity (Wildman–Crippen MR) is 64.6 cm³/mol. The molecule has 0 N–H and O–H groups in total. The maximum Gasteiger partial charge on any atom is 0.186 e. The molecule has 3 heteroatoms. The van der Waals surface area contributed by atoms with E-state index in [1.807, 2.05) is 36.4 Å². The van der Waals surface area contributed by atoms with E-state index < -0.39 is 6.10 Å². The van der Waals surface area contributed by atoms with Crippen LogP contribution in [0.15, 0.2) is 42.5 Å². The summed E-state index contributed by atoms with van der Waals surface area (Å²) in [5.74, 6) is -0.0168. The van der Waals surface area contributed by atoms with Crippen molar-refractivity contribution in [3.05, 3.63) is 48.0 Å². The van der Waals surface area contributed by atoms with E-state index in [4.69, 9.17) is 9.47 Å². The first-order chi connectivity index (χ1) is 8.31. The Balaban J connectivity index is 1.94. The molecule has 1 aliphatic carbocycles. The highest BCUT2D eigenvalue weighted by Gasteiger charge is 2.29. The van der Waals surface area contributed by atoms with Gasteiger partial charge in [-0.05, 0) is 18.1 Å². The van der Waals surface area contributed by atoms with Crippen molar-refractivity contribution < 1.29 is 14.3 Å². The van der Waals surface area contributed by atoms with Crippen LogP contribution in [0, 0.1) is 0 Å². The van der Waals surface area contributed by atoms with Crippen molar-refractivity contribution in [2.45, 2.75) is 25.2 Å². The molecule has 0 unspecified atom stereocenters. The highest BCUT2D eigenvalue weighted by atomic mass is 16.5. The van der Waals surface area contributed by atoms with Gasteiger partial charge in [0.15, 0.2) is 5.78 Å². The normalized spacial score (nSPS) is 23.9. The molecule has 0 saturated heterocycles. The summed E-state index contributed by atoms with van der Waals surface area (Å²) < 4.78 is 10.9. The second-order valence-electron chi connectivity index (χ2n) is 4.03. The zero-order valence-corrected chi connectivity index (χ0v) is 9.84. The van der Waals surface area contributed by atoms with Crippen molar-refractivity contribution in [2.75, 3.05) is 7.11 Å². The van der Waals surface area contributed by atoms with E-state index in [0.717, 1.165) is 12.0 Å². The monoisotopic (exact) mass is 232 g/mol. The molecule has 2 rings (SSSR count). The average molecular weight is 232 g/mol. The van der Waals surface area contributed by atoms with Crippen LogP contribution in [0.2, 0.25) is 0 Å². The molecule has 3 nitrogen and oxygen atoms in total. The van der Waals surface area contributed by atoms with Crippen LogP contribution in [0.5, 0.6) is 0 Å². The van der Waals surface area contributed by atoms with Crippen LogP contribution in [-0.4, -0.2) is 25.1 Å². The number of hydrogen-bond acceptors (Lipinski definition) is 3. The lowest BCUT2D eigenvalue weighted by Crippen LogP contribution is -2.38. The number of ether oxygens (including phenoxy) is 2. The van der Waals surface area contributed by atoms with Gasteiger partial charge in [-0.25, -0.2) is 0 Å². The van der Waals surface area contributed by atoms with Gasteiger partial charge in [0.25, 0.3) is 0 Å². The van der Waals surface area contributed by atoms with Crippen molar-refractivity contribution in [3.8, 4) is 0 Å². The summed E-state index contributed by atoms with van der Waals surface area (Å²) >= 11 is 0. The minimum atomic E-state index is -0.469. The molecular weight excluding hydrogens is 216 g/mol. The number of hydrogen-bond donors (Lipinski definition) is 0. The fourth-order valence-electron chi connectivity index (χ4n) is 1.92. The third-order valence-corrected chi connectivity index (χ3v) is 2.83. The first-order valence-electron chi connectivity index (χ1n) is 5.70. The third kappa shape index (κ3) is 3.02. The maximum absolute atomic E-state index is 11.6. The summed E-state index contributed by atoms with van der Waals surface area (Å²) in [4.78, 5) is 11.6. The van der Waals surface area contributed by atoms with Crippen LogP contribution in [0.3, 0.4) is 0 Å². The van der Waals surface area contributed by atoms with Crippen molar-refractivity contribution in [3.63, 3.8) is 0 Å². The highest BCUT2D eigenvalue weighted by molar-refractivity contribution is 5.94. The number of ketones is 1. The summed E-state index contributed by atoms with van der Waals surface area (Å²) in [5, 5.41) is 0. The van der Waals surface area contributed by atoms with Crippen LogP contribution in [0.4, 0.5) is 0 Å². The van der Waals surface area contributed by atoms with Crippen LogP contribution in [-0.2, 0) is 20.9 Å². The Kier molecular flexibility index (Phi) is 4.07. The lowest BCUT2D eigenvalue weighted by atomic mass is 10.00. The predicted octanol–water partition coefficient (Wildman–Crippen LogP) is 2.12. The second-order valence-corrected chi connectivity index (χ2v) is 4.03. The Morgan fingerprint density at radius 1 is 1.29 bits per heavy atom. The van der Waals surface area contributed by atoms with E-state index in [2.05, 4.69) is 0 Å². The van der Waals surface area contributed by atoms with Crippen LogP contribution >= 0.6 is 0 Å². The molecule has 0 saturated carbocycles. The van der Waals surface area contributed by atoms with Crippen LogP contribution < -0.4 is 0 Å². The van der Waals surface area contributed by atoms with E-state index in [9.17, 15) is 4.79 Å². The van der Waals surface area contributed by atoms with E-state index >= 15 is 0 Å². The Morgan fingerprint density at radius 3 is 2.76 bits per heavy atom. The number of rotatable bonds is 4. The minimum absolute atomic E-state index is 0.0168. The van der Waals surface area contributed by atoms with E-state index in [1.54, 1.807) is 13.2 Å². The summed E-state index contributed by atoms with van der Waals surface area (Å²) in [6.07, 6.45) is 3.47. The first-order valence-corrected chi connectivity index (χ1v) is 5.70. The molecule has 0 aliphatic heterocycles. The third-order valence-electron chi connectivity index (χ3n) is 2.83. The molecule has 0 radical (unpaired) electrons. The van der Waals surface area contributed by atoms with Crippen molar-refractivity contribution >= 4 is 5.78 Å². The summed E-state index contributed by atoms with van der Waals surface area (Å²) in [6.45, 7) is 0.506. The molecule has 1 aromatic rings. The summed E-state index contributed by atoms with van der Waals surface area (Å²) in [7, 11) is 1.54. The average Bonchev–Trinajstić information content (AvgIpc) is 2.37. The van der Waals surface area contributed by atoms with Crippen LogP contribution in [0.1, 0.15) is 12.0 Å². The molecule has 0 aromatic heterocycles. The van der Waals surface area contributed by atoms with Gasteiger partial charge in [-0.15, -0.1) is 0 Å². The number of methoxy groups -OCH3 is 1. The summed E-state index contributed by atoms with van der Waals surface area (Å²) in [6, 6.07) is 9.91. The van der Waals surface area contributed by atoms with Gasteiger partial charge in [-0.3, -0.25) is 4.79 Å². The first kappa shape index (κ1) is 12.0. The molecular formula is C14H16O3. The minimum Gasteiger partial charge on any atom is -0.371 e. The molecule has 17 heavy (non-hydrogen) atoms. The Bertz CT molecular complexity index is 397. The van der Waals surface area contributed by atoms with Gasteiger partial charge in [-0.2, -0.15) is 0 Å². The molecule has 0 fully saturated rings. The molecule has 0 heterocycles. The topological polar surface area (TPSA) is 35.5 Å². The van der Waals surface area contributed by atoms with Gasteiger partial charge in [0, 0.05) is 7.11 Å². The van der Waals surface area contributed by atoms with E-state index in [0.29, 0.717) is 6.61 Å². The Hall–Kier alpha value is -1.45. The molecule has 2 atom stereocenters. The van der Waals surface area contributed by atoms with Crippen molar-refractivity contribution in [2.24, 2.45) is 0 Å². The Morgan fingerprint density at radius 2 is 2.06 bits per heavy atom. The van der Waals surface area contributed by atoms with E-state index in [-0.39, 0.29) is 11.9 Å². The van der Waals surface area contributed by atoms with Gasteiger partial charge in [0.2, 0.25) is 0 Å². The zero-order chi connectivity index (χ0) is 12.1. The fraction of sp³-hybridized carbons (Fsp3) is 0.357. The van der Waals surface area contributed by atoms with Crippen LogP contribution in [0.25, 0.3) is 0 Å². The highest BCUT2D eigenvalue weighted by Crippen LogP contribution is 2.17. The quantitative estimate of drug-likeness (QED) is 0.797. The van der Waals surface area contributed by atoms with Gasteiger partial charge in [0.1, 0.15) is 6.10 Å². The van der Waals surface area contributed by atoms with Gasteiger partial charge in [-0.1, -0.05) is 36.4 Å². The maximum atomic E-state index is 11.6. The summed E-state index contributed by atoms with van der Waals surface area (Å²) in [5.41, 5.74) is 1.10. The SMILES string of the molecule is CO[C@@H]1C(=O)C=CC[C@H]1OCc1ccccc1. The number of benzene rings is 1. The molecule has 0 spiro atoms. The fourth-order valence-corrected chi connectivity index (χ4v) is 1.92. The largest absolute Gasteiger partial charge is 0.371 e. The van der Waals surface area contributed by atoms with Gasteiger partial charge < -0.3 is 9.47 Å². The van der Waals surface area contributed by atoms with Gasteiger partial charge in [0.05, 0.1) is 12.7 Å². The standard InChI is InChI=1S/C14H16O3/c1-16-14-12(15)8-5-9-13(14)17-10-11-6-3-2-4-7-11/h2-8,13-14H,9-10H2,1H3/t13-,14-/m1/s1. The molecule has 90 valence electrons.